The number of nitrogens with zero attached hydrogens (tertiary/aromatic N) is 5. The highest BCUT2D eigenvalue weighted by Gasteiger charge is 2.19. The van der Waals surface area contributed by atoms with Crippen LogP contribution in [0.1, 0.15) is 17.8 Å². The van der Waals surface area contributed by atoms with E-state index >= 15 is 0 Å². The minimum atomic E-state index is 0.412. The molecule has 160 valence electrons. The molecular weight excluding hydrogens is 390 g/mol. The van der Waals surface area contributed by atoms with Crippen molar-refractivity contribution in [2.75, 3.05) is 25.5 Å². The van der Waals surface area contributed by atoms with E-state index in [0.717, 1.165) is 70.4 Å². The lowest BCUT2D eigenvalue weighted by Crippen LogP contribution is -2.22. The molecule has 1 aromatic carbocycles. The number of fused-ring (bicyclic) bond motifs is 1. The first-order valence-electron chi connectivity index (χ1n) is 10.6. The number of aromatic nitrogens is 5. The van der Waals surface area contributed by atoms with Crippen LogP contribution in [-0.2, 0) is 7.05 Å². The number of nitrogens with one attached hydrogen (secondary N) is 2. The van der Waals surface area contributed by atoms with Crippen molar-refractivity contribution in [1.29, 1.82) is 0 Å². The van der Waals surface area contributed by atoms with E-state index in [2.05, 4.69) is 33.7 Å². The molecule has 0 bridgehead atoms. The van der Waals surface area contributed by atoms with Crippen LogP contribution in [0.3, 0.4) is 0 Å². The molecule has 4 aromatic rings. The molecule has 1 aliphatic heterocycles. The fraction of sp³-hybridized carbons (Fsp3) is 0.348. The van der Waals surface area contributed by atoms with Gasteiger partial charge in [0, 0.05) is 42.5 Å². The minimum Gasteiger partial charge on any atom is -0.496 e. The number of pyridine rings is 1. The molecule has 0 saturated carbocycles. The summed E-state index contributed by atoms with van der Waals surface area (Å²) in [6.45, 7) is 6.11. The first kappa shape index (κ1) is 19.6. The smallest absolute Gasteiger partial charge is 0.140 e. The van der Waals surface area contributed by atoms with Crippen LogP contribution in [0, 0.1) is 13.8 Å². The van der Waals surface area contributed by atoms with Gasteiger partial charge in [0.05, 0.1) is 23.8 Å². The quantitative estimate of drug-likeness (QED) is 0.519. The molecule has 1 fully saturated rings. The molecular formula is C23H27N7O. The monoisotopic (exact) mass is 417 g/mol. The van der Waals surface area contributed by atoms with Gasteiger partial charge in [-0.2, -0.15) is 5.10 Å². The number of rotatable bonds is 5. The highest BCUT2D eigenvalue weighted by Crippen LogP contribution is 2.37. The van der Waals surface area contributed by atoms with Crippen molar-refractivity contribution in [2.45, 2.75) is 26.3 Å². The first-order valence-corrected chi connectivity index (χ1v) is 10.6. The Kier molecular flexibility index (Phi) is 4.86. The van der Waals surface area contributed by atoms with Crippen LogP contribution < -0.4 is 15.4 Å². The van der Waals surface area contributed by atoms with Gasteiger partial charge in [0.1, 0.15) is 23.7 Å². The molecule has 0 aliphatic carbocycles. The third-order valence-corrected chi connectivity index (χ3v) is 6.04. The lowest BCUT2D eigenvalue weighted by molar-refractivity contribution is 0.417. The zero-order valence-corrected chi connectivity index (χ0v) is 18.3. The van der Waals surface area contributed by atoms with E-state index in [9.17, 15) is 0 Å². The number of hydrogen-bond acceptors (Lipinski definition) is 6. The number of imidazole rings is 1. The molecule has 8 nitrogen and oxygen atoms in total. The fourth-order valence-corrected chi connectivity index (χ4v) is 4.37. The normalized spacial score (nSPS) is 16.2. The van der Waals surface area contributed by atoms with E-state index in [1.54, 1.807) is 7.11 Å². The van der Waals surface area contributed by atoms with Crippen LogP contribution in [0.15, 0.2) is 36.7 Å². The topological polar surface area (TPSA) is 81.8 Å². The van der Waals surface area contributed by atoms with E-state index in [-0.39, 0.29) is 0 Å². The van der Waals surface area contributed by atoms with Crippen molar-refractivity contribution in [1.82, 2.24) is 29.6 Å². The van der Waals surface area contributed by atoms with Gasteiger partial charge in [-0.05, 0) is 45.0 Å². The van der Waals surface area contributed by atoms with Crippen LogP contribution in [0.5, 0.6) is 5.75 Å². The number of aryl methyl sites for hydroxylation is 2. The van der Waals surface area contributed by atoms with E-state index in [1.807, 2.05) is 53.8 Å². The molecule has 1 atom stereocenters. The molecule has 31 heavy (non-hydrogen) atoms. The van der Waals surface area contributed by atoms with Gasteiger partial charge >= 0.3 is 0 Å². The molecule has 1 aliphatic rings. The van der Waals surface area contributed by atoms with Crippen molar-refractivity contribution in [3.05, 3.63) is 48.0 Å². The Hall–Kier alpha value is -3.39. The van der Waals surface area contributed by atoms with Gasteiger partial charge in [-0.15, -0.1) is 0 Å². The lowest BCUT2D eigenvalue weighted by Gasteiger charge is -2.14. The Morgan fingerprint density at radius 3 is 2.81 bits per heavy atom. The average molecular weight is 418 g/mol. The SMILES string of the molecule is COc1cc2ncn(-c3cccc(NC4CCNC4)n3)c2cc1-c1c(C)nn(C)c1C. The Bertz CT molecular complexity index is 1250. The second-order valence-corrected chi connectivity index (χ2v) is 8.04. The molecule has 0 radical (unpaired) electrons. The second-order valence-electron chi connectivity index (χ2n) is 8.04. The fourth-order valence-electron chi connectivity index (χ4n) is 4.37. The lowest BCUT2D eigenvalue weighted by atomic mass is 10.0. The van der Waals surface area contributed by atoms with Gasteiger partial charge < -0.3 is 15.4 Å². The number of anilines is 1. The third-order valence-electron chi connectivity index (χ3n) is 6.04. The van der Waals surface area contributed by atoms with Crippen LogP contribution >= 0.6 is 0 Å². The van der Waals surface area contributed by atoms with Gasteiger partial charge in [0.15, 0.2) is 0 Å². The van der Waals surface area contributed by atoms with Gasteiger partial charge in [-0.1, -0.05) is 6.07 Å². The van der Waals surface area contributed by atoms with Crippen LogP contribution in [0.25, 0.3) is 28.0 Å². The highest BCUT2D eigenvalue weighted by atomic mass is 16.5. The average Bonchev–Trinajstić information content (AvgIpc) is 3.47. The Balaban J connectivity index is 1.61. The molecule has 8 heteroatoms. The molecule has 5 rings (SSSR count). The summed E-state index contributed by atoms with van der Waals surface area (Å²) < 4.78 is 9.65. The van der Waals surface area contributed by atoms with Crippen molar-refractivity contribution in [3.8, 4) is 22.7 Å². The summed E-state index contributed by atoms with van der Waals surface area (Å²) in [4.78, 5) is 9.46. The number of hydrogen-bond donors (Lipinski definition) is 2. The predicted molar refractivity (Wildman–Crippen MR) is 122 cm³/mol. The molecule has 3 aromatic heterocycles. The maximum atomic E-state index is 5.72. The van der Waals surface area contributed by atoms with Crippen molar-refractivity contribution >= 4 is 16.9 Å². The summed E-state index contributed by atoms with van der Waals surface area (Å²) in [6, 6.07) is 10.6. The molecule has 2 N–H and O–H groups in total. The second kappa shape index (κ2) is 7.70. The van der Waals surface area contributed by atoms with E-state index in [1.165, 1.54) is 0 Å². The maximum Gasteiger partial charge on any atom is 0.140 e. The number of methoxy groups -OCH3 is 1. The number of ether oxygens (including phenoxy) is 1. The van der Waals surface area contributed by atoms with Gasteiger partial charge in [-0.3, -0.25) is 9.25 Å². The summed E-state index contributed by atoms with van der Waals surface area (Å²) in [5, 5.41) is 11.5. The molecule has 1 unspecified atom stereocenters. The summed E-state index contributed by atoms with van der Waals surface area (Å²) >= 11 is 0. The van der Waals surface area contributed by atoms with Crippen LogP contribution in [-0.4, -0.2) is 50.6 Å². The maximum absolute atomic E-state index is 5.72. The molecule has 0 amide bonds. The summed E-state index contributed by atoms with van der Waals surface area (Å²) in [6.07, 6.45) is 2.92. The summed E-state index contributed by atoms with van der Waals surface area (Å²) in [5.41, 5.74) is 6.00. The van der Waals surface area contributed by atoms with Gasteiger partial charge in [0.2, 0.25) is 0 Å². The Labute approximate surface area is 181 Å². The van der Waals surface area contributed by atoms with Crippen LogP contribution in [0.4, 0.5) is 5.82 Å². The first-order chi connectivity index (χ1) is 15.0. The van der Waals surface area contributed by atoms with Crippen molar-refractivity contribution in [2.24, 2.45) is 7.05 Å². The number of benzene rings is 1. The van der Waals surface area contributed by atoms with Gasteiger partial charge in [-0.25, -0.2) is 9.97 Å². The Morgan fingerprint density at radius 2 is 2.10 bits per heavy atom. The van der Waals surface area contributed by atoms with E-state index in [0.29, 0.717) is 6.04 Å². The highest BCUT2D eigenvalue weighted by molar-refractivity contribution is 5.88. The zero-order valence-electron chi connectivity index (χ0n) is 18.3. The summed E-state index contributed by atoms with van der Waals surface area (Å²) in [5.74, 6) is 2.49. The molecule has 1 saturated heterocycles. The molecule has 4 heterocycles. The summed E-state index contributed by atoms with van der Waals surface area (Å²) in [7, 11) is 3.65. The minimum absolute atomic E-state index is 0.412. The van der Waals surface area contributed by atoms with Gasteiger partial charge in [0.25, 0.3) is 0 Å². The Morgan fingerprint density at radius 1 is 1.23 bits per heavy atom. The van der Waals surface area contributed by atoms with Crippen molar-refractivity contribution < 1.29 is 4.74 Å². The van der Waals surface area contributed by atoms with E-state index in [4.69, 9.17) is 9.72 Å². The molecule has 0 spiro atoms. The van der Waals surface area contributed by atoms with Crippen molar-refractivity contribution in [3.63, 3.8) is 0 Å². The van der Waals surface area contributed by atoms with Crippen LogP contribution in [0.2, 0.25) is 0 Å². The largest absolute Gasteiger partial charge is 0.496 e. The van der Waals surface area contributed by atoms with E-state index < -0.39 is 0 Å². The zero-order chi connectivity index (χ0) is 21.5. The predicted octanol–water partition coefficient (Wildman–Crippen LogP) is 3.22. The third kappa shape index (κ3) is 3.42. The standard InChI is InChI=1S/C23H27N7O/c1-14-23(15(2)29(3)28-14)17-10-19-18(11-20(17)31-4)25-13-30(19)22-7-5-6-21(27-22)26-16-8-9-24-12-16/h5-7,10-11,13,16,24H,8-9,12H2,1-4H3,(H,26,27).